The predicted molar refractivity (Wildman–Crippen MR) is 54.7 cm³/mol. The molecule has 0 aromatic heterocycles. The van der Waals surface area contributed by atoms with Crippen LogP contribution in [0.5, 0.6) is 0 Å². The van der Waals surface area contributed by atoms with E-state index >= 15 is 0 Å². The minimum Gasteiger partial charge on any atom is -0.297 e. The van der Waals surface area contributed by atoms with Crippen LogP contribution >= 0.6 is 11.6 Å². The quantitative estimate of drug-likeness (QED) is 0.457. The summed E-state index contributed by atoms with van der Waals surface area (Å²) in [6, 6.07) is 0.880. The van der Waals surface area contributed by atoms with Crippen LogP contribution in [0.15, 0.2) is 12.2 Å². The molecule has 0 amide bonds. The molecular weight excluding hydrogens is 170 g/mol. The molecule has 0 atom stereocenters. The molecule has 0 N–H and O–H groups in total. The van der Waals surface area contributed by atoms with E-state index in [1.165, 1.54) is 25.8 Å². The van der Waals surface area contributed by atoms with Crippen molar-refractivity contribution in [3.05, 3.63) is 12.2 Å². The first-order chi connectivity index (χ1) is 5.88. The molecule has 0 aromatic carbocycles. The van der Waals surface area contributed by atoms with Crippen molar-refractivity contribution in [3.63, 3.8) is 0 Å². The summed E-state index contributed by atoms with van der Waals surface area (Å²) in [5, 5.41) is 0. The highest BCUT2D eigenvalue weighted by molar-refractivity contribution is 6.18. The maximum Gasteiger partial charge on any atom is 0.0404 e. The fraction of sp³-hybridized carbons (Fsp3) is 0.800. The molecule has 0 spiro atoms. The first kappa shape index (κ1) is 10.1. The van der Waals surface area contributed by atoms with Gasteiger partial charge in [0.2, 0.25) is 0 Å². The maximum atomic E-state index is 5.55. The number of halogens is 1. The van der Waals surface area contributed by atoms with Gasteiger partial charge in [-0.2, -0.15) is 0 Å². The van der Waals surface area contributed by atoms with E-state index in [1.54, 1.807) is 0 Å². The largest absolute Gasteiger partial charge is 0.297 e. The van der Waals surface area contributed by atoms with Crippen LogP contribution in [-0.4, -0.2) is 29.9 Å². The Hall–Kier alpha value is -0.0100. The van der Waals surface area contributed by atoms with Crippen molar-refractivity contribution in [2.45, 2.75) is 32.2 Å². The summed E-state index contributed by atoms with van der Waals surface area (Å²) in [6.45, 7) is 4.56. The first-order valence-corrected chi connectivity index (χ1v) is 5.37. The second kappa shape index (κ2) is 5.60. The van der Waals surface area contributed by atoms with Gasteiger partial charge in [0.1, 0.15) is 0 Å². The summed E-state index contributed by atoms with van der Waals surface area (Å²) >= 11 is 5.55. The summed E-state index contributed by atoms with van der Waals surface area (Å²) in [7, 11) is 0. The van der Waals surface area contributed by atoms with Gasteiger partial charge >= 0.3 is 0 Å². The van der Waals surface area contributed by atoms with Crippen LogP contribution in [0.3, 0.4) is 0 Å². The lowest BCUT2D eigenvalue weighted by Crippen LogP contribution is -2.26. The Morgan fingerprint density at radius 3 is 2.67 bits per heavy atom. The topological polar surface area (TPSA) is 3.24 Å². The highest BCUT2D eigenvalue weighted by Crippen LogP contribution is 2.26. The third kappa shape index (κ3) is 3.59. The van der Waals surface area contributed by atoms with E-state index in [-0.39, 0.29) is 0 Å². The van der Waals surface area contributed by atoms with Crippen molar-refractivity contribution in [1.82, 2.24) is 4.90 Å². The van der Waals surface area contributed by atoms with Gasteiger partial charge in [-0.3, -0.25) is 4.90 Å². The molecule has 1 rings (SSSR count). The van der Waals surface area contributed by atoms with Gasteiger partial charge in [-0.05, 0) is 25.8 Å². The zero-order chi connectivity index (χ0) is 8.81. The highest BCUT2D eigenvalue weighted by atomic mass is 35.5. The summed E-state index contributed by atoms with van der Waals surface area (Å²) in [5.41, 5.74) is 0. The van der Waals surface area contributed by atoms with Gasteiger partial charge in [-0.15, -0.1) is 11.6 Å². The maximum absolute atomic E-state index is 5.55. The third-order valence-corrected chi connectivity index (χ3v) is 2.35. The van der Waals surface area contributed by atoms with E-state index in [0.717, 1.165) is 12.6 Å². The number of nitrogens with zero attached hydrogens (tertiary/aromatic N) is 1. The van der Waals surface area contributed by atoms with Crippen molar-refractivity contribution in [1.29, 1.82) is 0 Å². The van der Waals surface area contributed by atoms with Crippen LogP contribution in [0, 0.1) is 0 Å². The van der Waals surface area contributed by atoms with Crippen molar-refractivity contribution in [2.75, 3.05) is 19.0 Å². The van der Waals surface area contributed by atoms with Gasteiger partial charge in [-0.25, -0.2) is 0 Å². The summed E-state index contributed by atoms with van der Waals surface area (Å²) in [6.07, 6.45) is 8.27. The van der Waals surface area contributed by atoms with Crippen LogP contribution in [0.25, 0.3) is 0 Å². The lowest BCUT2D eigenvalue weighted by atomic mass is 10.3. The van der Waals surface area contributed by atoms with Crippen LogP contribution in [0.4, 0.5) is 0 Å². The van der Waals surface area contributed by atoms with Crippen molar-refractivity contribution < 1.29 is 0 Å². The Labute approximate surface area is 80.4 Å². The van der Waals surface area contributed by atoms with Gasteiger partial charge in [0.15, 0.2) is 0 Å². The number of hydrogen-bond acceptors (Lipinski definition) is 1. The molecule has 1 nitrogen and oxygen atoms in total. The fourth-order valence-electron chi connectivity index (χ4n) is 1.42. The van der Waals surface area contributed by atoms with Gasteiger partial charge < -0.3 is 0 Å². The second-order valence-corrected chi connectivity index (χ2v) is 3.66. The molecular formula is C10H18ClN. The van der Waals surface area contributed by atoms with Gasteiger partial charge in [0, 0.05) is 18.5 Å². The summed E-state index contributed by atoms with van der Waals surface area (Å²) in [4.78, 5) is 2.54. The molecule has 1 aliphatic rings. The van der Waals surface area contributed by atoms with Gasteiger partial charge in [0.25, 0.3) is 0 Å². The lowest BCUT2D eigenvalue weighted by molar-refractivity contribution is 0.292. The zero-order valence-corrected chi connectivity index (χ0v) is 8.56. The zero-order valence-electron chi connectivity index (χ0n) is 7.80. The van der Waals surface area contributed by atoms with Gasteiger partial charge in [-0.1, -0.05) is 19.1 Å². The minimum atomic E-state index is 0.643. The molecule has 1 aliphatic carbocycles. The van der Waals surface area contributed by atoms with E-state index in [0.29, 0.717) is 5.88 Å². The molecule has 1 fully saturated rings. The van der Waals surface area contributed by atoms with Crippen molar-refractivity contribution in [3.8, 4) is 0 Å². The van der Waals surface area contributed by atoms with Crippen LogP contribution < -0.4 is 0 Å². The average molecular weight is 188 g/mol. The number of alkyl halides is 1. The Kier molecular flexibility index (Phi) is 4.70. The molecule has 0 aromatic rings. The van der Waals surface area contributed by atoms with E-state index in [1.807, 2.05) is 6.08 Å². The first-order valence-electron chi connectivity index (χ1n) is 4.83. The molecule has 0 radical (unpaired) electrons. The molecule has 2 heteroatoms. The third-order valence-electron chi connectivity index (χ3n) is 2.17. The number of hydrogen-bond donors (Lipinski definition) is 0. The Morgan fingerprint density at radius 1 is 1.42 bits per heavy atom. The monoisotopic (exact) mass is 187 g/mol. The average Bonchev–Trinajstić information content (AvgIpc) is 2.86. The summed E-state index contributed by atoms with van der Waals surface area (Å²) in [5.74, 6) is 0.643. The molecule has 0 saturated heterocycles. The van der Waals surface area contributed by atoms with E-state index in [2.05, 4.69) is 17.9 Å². The molecule has 0 unspecified atom stereocenters. The molecule has 0 aliphatic heterocycles. The predicted octanol–water partition coefficient (Wildman–Crippen LogP) is 2.66. The molecule has 1 saturated carbocycles. The smallest absolute Gasteiger partial charge is 0.0404 e. The lowest BCUT2D eigenvalue weighted by Gasteiger charge is -2.18. The van der Waals surface area contributed by atoms with Crippen LogP contribution in [-0.2, 0) is 0 Å². The fourth-order valence-corrected chi connectivity index (χ4v) is 1.55. The Morgan fingerprint density at radius 2 is 2.17 bits per heavy atom. The second-order valence-electron chi connectivity index (χ2n) is 3.35. The normalized spacial score (nSPS) is 17.9. The standard InChI is InChI=1S/C10H18ClN/c1-2-8-12(10-5-6-10)9-4-3-7-11/h3-4,10H,2,5-9H2,1H3. The summed E-state index contributed by atoms with van der Waals surface area (Å²) < 4.78 is 0. The van der Waals surface area contributed by atoms with Crippen LogP contribution in [0.2, 0.25) is 0 Å². The number of rotatable bonds is 6. The van der Waals surface area contributed by atoms with E-state index < -0.39 is 0 Å². The highest BCUT2D eigenvalue weighted by Gasteiger charge is 2.26. The van der Waals surface area contributed by atoms with E-state index in [4.69, 9.17) is 11.6 Å². The SMILES string of the molecule is CCCN(CC=CCCl)C1CC1. The minimum absolute atomic E-state index is 0.643. The van der Waals surface area contributed by atoms with Gasteiger partial charge in [0.05, 0.1) is 0 Å². The molecule has 70 valence electrons. The molecule has 0 heterocycles. The Bertz CT molecular complexity index is 141. The Balaban J connectivity index is 2.18. The van der Waals surface area contributed by atoms with Crippen molar-refractivity contribution >= 4 is 11.6 Å². The number of allylic oxidation sites excluding steroid dienone is 1. The van der Waals surface area contributed by atoms with E-state index in [9.17, 15) is 0 Å². The molecule has 12 heavy (non-hydrogen) atoms. The van der Waals surface area contributed by atoms with Crippen LogP contribution in [0.1, 0.15) is 26.2 Å². The molecule has 0 bridgehead atoms. The van der Waals surface area contributed by atoms with Crippen molar-refractivity contribution in [2.24, 2.45) is 0 Å².